The second kappa shape index (κ2) is 3.99. The zero-order valence-corrected chi connectivity index (χ0v) is 9.35. The molecule has 0 bridgehead atoms. The molecule has 2 aliphatic rings. The van der Waals surface area contributed by atoms with Crippen LogP contribution in [0.1, 0.15) is 51.4 Å². The van der Waals surface area contributed by atoms with Gasteiger partial charge in [-0.05, 0) is 25.7 Å². The van der Waals surface area contributed by atoms with Gasteiger partial charge in [0, 0.05) is 6.42 Å². The highest BCUT2D eigenvalue weighted by Crippen LogP contribution is 2.43. The molecule has 0 aromatic carbocycles. The fraction of sp³-hybridized carbons (Fsp3) is 1.00. The topological polar surface area (TPSA) is 29.5 Å². The van der Waals surface area contributed by atoms with Gasteiger partial charge < -0.3 is 9.84 Å². The van der Waals surface area contributed by atoms with Crippen molar-refractivity contribution >= 4 is 11.6 Å². The summed E-state index contributed by atoms with van der Waals surface area (Å²) in [5.74, 6) is -0.841. The first kappa shape index (κ1) is 10.7. The van der Waals surface area contributed by atoms with Crippen LogP contribution in [-0.4, -0.2) is 22.4 Å². The van der Waals surface area contributed by atoms with Gasteiger partial charge in [-0.15, -0.1) is 11.6 Å². The lowest BCUT2D eigenvalue weighted by molar-refractivity contribution is -0.286. The Morgan fingerprint density at radius 3 is 2.29 bits per heavy atom. The summed E-state index contributed by atoms with van der Waals surface area (Å²) in [6.45, 7) is 0. The Hall–Kier alpha value is 0.210. The molecule has 1 spiro atoms. The molecule has 1 heterocycles. The summed E-state index contributed by atoms with van der Waals surface area (Å²) in [6.07, 6.45) is 8.83. The first-order valence-electron chi connectivity index (χ1n) is 5.67. The normalized spacial score (nSPS) is 37.3. The molecule has 1 N–H and O–H groups in total. The van der Waals surface area contributed by atoms with Gasteiger partial charge in [-0.25, -0.2) is 0 Å². The average molecular weight is 219 g/mol. The minimum Gasteiger partial charge on any atom is -0.364 e. The van der Waals surface area contributed by atoms with Gasteiger partial charge in [-0.2, -0.15) is 0 Å². The van der Waals surface area contributed by atoms with Gasteiger partial charge in [0.1, 0.15) is 0 Å². The molecule has 14 heavy (non-hydrogen) atoms. The number of hydrogen-bond donors (Lipinski definition) is 1. The third-order valence-electron chi connectivity index (χ3n) is 3.58. The lowest BCUT2D eigenvalue weighted by Crippen LogP contribution is -2.50. The van der Waals surface area contributed by atoms with Crippen LogP contribution in [0.2, 0.25) is 0 Å². The maximum Gasteiger partial charge on any atom is 0.179 e. The van der Waals surface area contributed by atoms with Crippen molar-refractivity contribution in [3.63, 3.8) is 0 Å². The van der Waals surface area contributed by atoms with E-state index in [4.69, 9.17) is 16.3 Å². The molecule has 82 valence electrons. The molecule has 1 saturated heterocycles. The van der Waals surface area contributed by atoms with Crippen LogP contribution in [0.4, 0.5) is 0 Å². The van der Waals surface area contributed by atoms with E-state index in [1.807, 2.05) is 0 Å². The molecule has 1 aliphatic carbocycles. The molecule has 2 nitrogen and oxygen atoms in total. The van der Waals surface area contributed by atoms with Crippen molar-refractivity contribution in [1.82, 2.24) is 0 Å². The predicted molar refractivity (Wildman–Crippen MR) is 56.4 cm³/mol. The van der Waals surface area contributed by atoms with Crippen molar-refractivity contribution in [1.29, 1.82) is 0 Å². The first-order valence-corrected chi connectivity index (χ1v) is 6.20. The molecule has 0 amide bonds. The van der Waals surface area contributed by atoms with E-state index in [9.17, 15) is 5.11 Å². The number of hydrogen-bond acceptors (Lipinski definition) is 2. The van der Waals surface area contributed by atoms with E-state index in [0.717, 1.165) is 25.7 Å². The van der Waals surface area contributed by atoms with Crippen molar-refractivity contribution in [2.75, 3.05) is 5.88 Å². The third kappa shape index (κ3) is 2.07. The largest absolute Gasteiger partial charge is 0.364 e. The zero-order valence-electron chi connectivity index (χ0n) is 8.60. The Bertz CT molecular complexity index is 196. The van der Waals surface area contributed by atoms with E-state index in [2.05, 4.69) is 0 Å². The molecular weight excluding hydrogens is 200 g/mol. The van der Waals surface area contributed by atoms with Crippen LogP contribution >= 0.6 is 11.6 Å². The molecule has 3 heteroatoms. The molecular formula is C11H19ClO2. The fourth-order valence-electron chi connectivity index (χ4n) is 2.83. The highest BCUT2D eigenvalue weighted by atomic mass is 35.5. The van der Waals surface area contributed by atoms with Gasteiger partial charge in [-0.1, -0.05) is 19.3 Å². The van der Waals surface area contributed by atoms with Gasteiger partial charge >= 0.3 is 0 Å². The van der Waals surface area contributed by atoms with E-state index < -0.39 is 5.79 Å². The lowest BCUT2D eigenvalue weighted by atomic mass is 9.78. The zero-order chi connectivity index (χ0) is 10.1. The minimum absolute atomic E-state index is 0.0415. The number of aliphatic hydroxyl groups is 1. The molecule has 2 fully saturated rings. The van der Waals surface area contributed by atoms with Gasteiger partial charge in [0.2, 0.25) is 0 Å². The first-order chi connectivity index (χ1) is 6.68. The molecule has 0 aromatic heterocycles. The van der Waals surface area contributed by atoms with Crippen LogP contribution in [0.15, 0.2) is 0 Å². The third-order valence-corrected chi connectivity index (χ3v) is 4.00. The van der Waals surface area contributed by atoms with Crippen LogP contribution in [0.25, 0.3) is 0 Å². The van der Waals surface area contributed by atoms with Gasteiger partial charge in [-0.3, -0.25) is 0 Å². The van der Waals surface area contributed by atoms with Crippen molar-refractivity contribution < 1.29 is 9.84 Å². The predicted octanol–water partition coefficient (Wildman–Crippen LogP) is 2.82. The van der Waals surface area contributed by atoms with Crippen molar-refractivity contribution in [2.45, 2.75) is 62.8 Å². The summed E-state index contributed by atoms with van der Waals surface area (Å²) in [7, 11) is 0. The standard InChI is InChI=1S/C11H19ClO2/c12-9-11(13)8-4-7-10(14-11)5-2-1-3-6-10/h13H,1-9H2. The molecule has 0 aromatic rings. The maximum absolute atomic E-state index is 10.0. The highest BCUT2D eigenvalue weighted by Gasteiger charge is 2.44. The summed E-state index contributed by atoms with van der Waals surface area (Å²) in [6, 6.07) is 0. The molecule has 2 rings (SSSR count). The summed E-state index contributed by atoms with van der Waals surface area (Å²) in [5, 5.41) is 10.0. The molecule has 0 radical (unpaired) electrons. The van der Waals surface area contributed by atoms with Crippen LogP contribution in [0.3, 0.4) is 0 Å². The van der Waals surface area contributed by atoms with Gasteiger partial charge in [0.15, 0.2) is 5.79 Å². The molecule has 1 saturated carbocycles. The second-order valence-corrected chi connectivity index (χ2v) is 5.05. The average Bonchev–Trinajstić information content (AvgIpc) is 2.19. The van der Waals surface area contributed by atoms with Gasteiger partial charge in [0.05, 0.1) is 11.5 Å². The Balaban J connectivity index is 2.04. The summed E-state index contributed by atoms with van der Waals surface area (Å²) >= 11 is 5.75. The highest BCUT2D eigenvalue weighted by molar-refractivity contribution is 6.18. The number of alkyl halides is 1. The van der Waals surface area contributed by atoms with E-state index >= 15 is 0 Å². The molecule has 1 atom stereocenters. The van der Waals surface area contributed by atoms with Gasteiger partial charge in [0.25, 0.3) is 0 Å². The summed E-state index contributed by atoms with van der Waals surface area (Å²) < 4.78 is 5.88. The quantitative estimate of drug-likeness (QED) is 0.686. The summed E-state index contributed by atoms with van der Waals surface area (Å²) in [5.41, 5.74) is -0.0415. The Kier molecular flexibility index (Phi) is 3.06. The number of ether oxygens (including phenoxy) is 1. The van der Waals surface area contributed by atoms with E-state index in [1.165, 1.54) is 19.3 Å². The summed E-state index contributed by atoms with van der Waals surface area (Å²) in [4.78, 5) is 0. The lowest BCUT2D eigenvalue weighted by Gasteiger charge is -2.47. The van der Waals surface area contributed by atoms with Crippen molar-refractivity contribution in [3.8, 4) is 0 Å². The van der Waals surface area contributed by atoms with Crippen molar-refractivity contribution in [3.05, 3.63) is 0 Å². The number of rotatable bonds is 1. The Morgan fingerprint density at radius 1 is 1.00 bits per heavy atom. The van der Waals surface area contributed by atoms with Crippen LogP contribution in [-0.2, 0) is 4.74 Å². The van der Waals surface area contributed by atoms with Crippen LogP contribution in [0.5, 0.6) is 0 Å². The number of halogens is 1. The molecule has 1 aliphatic heterocycles. The second-order valence-electron chi connectivity index (χ2n) is 4.78. The Morgan fingerprint density at radius 2 is 1.64 bits per heavy atom. The minimum atomic E-state index is -1.04. The SMILES string of the molecule is OC1(CCl)CCCC2(CCCCC2)O1. The monoisotopic (exact) mass is 218 g/mol. The smallest absolute Gasteiger partial charge is 0.179 e. The van der Waals surface area contributed by atoms with Crippen LogP contribution < -0.4 is 0 Å². The van der Waals surface area contributed by atoms with E-state index in [0.29, 0.717) is 6.42 Å². The van der Waals surface area contributed by atoms with Crippen molar-refractivity contribution in [2.24, 2.45) is 0 Å². The van der Waals surface area contributed by atoms with E-state index in [-0.39, 0.29) is 11.5 Å². The fourth-order valence-corrected chi connectivity index (χ4v) is 3.02. The van der Waals surface area contributed by atoms with Crippen LogP contribution in [0, 0.1) is 0 Å². The Labute approximate surface area is 90.6 Å². The van der Waals surface area contributed by atoms with E-state index in [1.54, 1.807) is 0 Å². The maximum atomic E-state index is 10.0. The molecule has 1 unspecified atom stereocenters.